The fourth-order valence-electron chi connectivity index (χ4n) is 2.57. The van der Waals surface area contributed by atoms with E-state index in [9.17, 15) is 18.0 Å². The van der Waals surface area contributed by atoms with Crippen molar-refractivity contribution < 1.29 is 22.7 Å². The number of halogens is 3. The molecule has 0 radical (unpaired) electrons. The first-order valence-electron chi connectivity index (χ1n) is 8.68. The molecule has 0 aliphatic heterocycles. The van der Waals surface area contributed by atoms with Crippen molar-refractivity contribution in [2.24, 2.45) is 4.99 Å². The second-order valence-corrected chi connectivity index (χ2v) is 6.17. The number of nitriles is 1. The number of nitrogens with zero attached hydrogens (tertiary/aromatic N) is 3. The zero-order valence-electron chi connectivity index (χ0n) is 16.5. The Hall–Kier alpha value is -3.80. The van der Waals surface area contributed by atoms with Crippen molar-refractivity contribution >= 4 is 17.9 Å². The maximum absolute atomic E-state index is 13.6. The number of allylic oxidation sites excluding steroid dienone is 1. The van der Waals surface area contributed by atoms with E-state index in [-0.39, 0.29) is 23.6 Å². The Labute approximate surface area is 171 Å². The number of guanidine groups is 1. The molecule has 0 saturated heterocycles. The molecule has 0 spiro atoms. The number of anilines is 1. The highest BCUT2D eigenvalue weighted by molar-refractivity contribution is 5.95. The van der Waals surface area contributed by atoms with Crippen molar-refractivity contribution in [1.29, 1.82) is 5.26 Å². The first-order valence-corrected chi connectivity index (χ1v) is 8.68. The Kier molecular flexibility index (Phi) is 7.58. The smallest absolute Gasteiger partial charge is 0.202 e. The highest BCUT2D eigenvalue weighted by Crippen LogP contribution is 2.23. The Morgan fingerprint density at radius 2 is 1.93 bits per heavy atom. The van der Waals surface area contributed by atoms with E-state index in [0.29, 0.717) is 17.7 Å². The quantitative estimate of drug-likeness (QED) is 0.193. The van der Waals surface area contributed by atoms with Gasteiger partial charge in [0, 0.05) is 25.0 Å². The Balaban J connectivity index is 2.46. The van der Waals surface area contributed by atoms with E-state index < -0.39 is 17.5 Å². The normalized spacial score (nSPS) is 11.6. The predicted octanol–water partition coefficient (Wildman–Crippen LogP) is 3.93. The summed E-state index contributed by atoms with van der Waals surface area (Å²) in [6.45, 7) is 1.64. The minimum atomic E-state index is -1.58. The number of methoxy groups -OCH3 is 1. The fourth-order valence-corrected chi connectivity index (χ4v) is 2.57. The molecule has 2 aromatic rings. The van der Waals surface area contributed by atoms with E-state index >= 15 is 0 Å². The number of aliphatic imine (C=N–C) groups is 1. The van der Waals surface area contributed by atoms with Crippen LogP contribution < -0.4 is 10.1 Å². The molecule has 1 N–H and O–H groups in total. The number of ether oxygens (including phenoxy) is 1. The second-order valence-electron chi connectivity index (χ2n) is 6.17. The van der Waals surface area contributed by atoms with Crippen LogP contribution >= 0.6 is 0 Å². The maximum atomic E-state index is 13.6. The lowest BCUT2D eigenvalue weighted by Crippen LogP contribution is -2.32. The zero-order chi connectivity index (χ0) is 22.3. The van der Waals surface area contributed by atoms with Gasteiger partial charge in [-0.25, -0.2) is 13.2 Å². The van der Waals surface area contributed by atoms with Gasteiger partial charge < -0.3 is 15.0 Å². The summed E-state index contributed by atoms with van der Waals surface area (Å²) in [5.41, 5.74) is 1.28. The summed E-state index contributed by atoms with van der Waals surface area (Å²) < 4.78 is 45.8. The lowest BCUT2D eigenvalue weighted by molar-refractivity contribution is -0.104. The van der Waals surface area contributed by atoms with E-state index in [0.717, 1.165) is 17.7 Å². The largest absolute Gasteiger partial charge is 0.497 e. The zero-order valence-corrected chi connectivity index (χ0v) is 16.5. The molecule has 0 heterocycles. The highest BCUT2D eigenvalue weighted by atomic mass is 19.2. The van der Waals surface area contributed by atoms with Crippen LogP contribution in [0.2, 0.25) is 0 Å². The van der Waals surface area contributed by atoms with Gasteiger partial charge in [0.1, 0.15) is 17.4 Å². The van der Waals surface area contributed by atoms with E-state index in [4.69, 9.17) is 10.00 Å². The summed E-state index contributed by atoms with van der Waals surface area (Å²) in [6, 6.07) is 8.66. The number of benzene rings is 2. The second kappa shape index (κ2) is 10.1. The molecule has 0 aliphatic rings. The molecular formula is C21H19F3N4O2. The molecule has 2 rings (SSSR count). The summed E-state index contributed by atoms with van der Waals surface area (Å²) in [7, 11) is 2.97. The number of rotatable bonds is 6. The van der Waals surface area contributed by atoms with Gasteiger partial charge in [0.25, 0.3) is 0 Å². The number of carbonyl (C=O) groups excluding carboxylic acids is 1. The fraction of sp³-hybridized carbons (Fsp3) is 0.190. The molecule has 0 aliphatic carbocycles. The van der Waals surface area contributed by atoms with Gasteiger partial charge in [-0.1, -0.05) is 6.07 Å². The van der Waals surface area contributed by atoms with Crippen molar-refractivity contribution in [2.45, 2.75) is 13.5 Å². The molecule has 30 heavy (non-hydrogen) atoms. The van der Waals surface area contributed by atoms with Crippen LogP contribution in [0.1, 0.15) is 11.1 Å². The summed E-state index contributed by atoms with van der Waals surface area (Å²) in [5.74, 6) is -3.53. The van der Waals surface area contributed by atoms with Crippen molar-refractivity contribution in [1.82, 2.24) is 4.90 Å². The first-order chi connectivity index (χ1) is 14.3. The molecule has 0 unspecified atom stereocenters. The molecule has 0 fully saturated rings. The minimum Gasteiger partial charge on any atom is -0.497 e. The summed E-state index contributed by atoms with van der Waals surface area (Å²) in [5, 5.41) is 12.2. The lowest BCUT2D eigenvalue weighted by atomic mass is 10.2. The molecule has 6 nitrogen and oxygen atoms in total. The van der Waals surface area contributed by atoms with Crippen molar-refractivity contribution in [2.75, 3.05) is 19.5 Å². The predicted molar refractivity (Wildman–Crippen MR) is 106 cm³/mol. The van der Waals surface area contributed by atoms with Crippen LogP contribution in [0.5, 0.6) is 5.75 Å². The van der Waals surface area contributed by atoms with E-state index in [2.05, 4.69) is 10.3 Å². The van der Waals surface area contributed by atoms with Crippen LogP contribution in [-0.2, 0) is 11.3 Å². The van der Waals surface area contributed by atoms with Crippen LogP contribution in [0.3, 0.4) is 0 Å². The number of hydrogen-bond acceptors (Lipinski definition) is 4. The first kappa shape index (κ1) is 22.5. The monoisotopic (exact) mass is 416 g/mol. The lowest BCUT2D eigenvalue weighted by Gasteiger charge is -2.24. The van der Waals surface area contributed by atoms with Crippen LogP contribution in [0.15, 0.2) is 47.1 Å². The van der Waals surface area contributed by atoms with Crippen LogP contribution in [0.25, 0.3) is 0 Å². The van der Waals surface area contributed by atoms with Crippen molar-refractivity contribution in [3.05, 3.63) is 70.7 Å². The molecule has 2 aromatic carbocycles. The number of hydrogen-bond donors (Lipinski definition) is 1. The minimum absolute atomic E-state index is 0.0659. The van der Waals surface area contributed by atoms with Gasteiger partial charge in [0.15, 0.2) is 23.7 Å². The van der Waals surface area contributed by atoms with Crippen LogP contribution in [0.4, 0.5) is 18.9 Å². The third kappa shape index (κ3) is 5.38. The average molecular weight is 416 g/mol. The van der Waals surface area contributed by atoms with Crippen molar-refractivity contribution in [3.63, 3.8) is 0 Å². The number of carbonyl (C=O) groups is 1. The third-order valence-corrected chi connectivity index (χ3v) is 4.12. The number of nitrogens with one attached hydrogen (secondary N) is 1. The molecule has 0 aromatic heterocycles. The van der Waals surface area contributed by atoms with Crippen LogP contribution in [-0.4, -0.2) is 31.3 Å². The molecule has 0 bridgehead atoms. The summed E-state index contributed by atoms with van der Waals surface area (Å²) >= 11 is 0. The van der Waals surface area contributed by atoms with Gasteiger partial charge in [-0.2, -0.15) is 5.26 Å². The number of aldehydes is 1. The molecule has 0 atom stereocenters. The maximum Gasteiger partial charge on any atom is 0.202 e. The van der Waals surface area contributed by atoms with Gasteiger partial charge in [-0.05, 0) is 36.2 Å². The van der Waals surface area contributed by atoms with Gasteiger partial charge in [0.05, 0.1) is 13.7 Å². The Bertz CT molecular complexity index is 1020. The topological polar surface area (TPSA) is 77.7 Å². The molecule has 0 amide bonds. The molecule has 156 valence electrons. The Morgan fingerprint density at radius 1 is 1.27 bits per heavy atom. The molecule has 0 saturated carbocycles. The van der Waals surface area contributed by atoms with Gasteiger partial charge in [-0.3, -0.25) is 9.79 Å². The van der Waals surface area contributed by atoms with Gasteiger partial charge in [-0.15, -0.1) is 0 Å². The summed E-state index contributed by atoms with van der Waals surface area (Å²) in [4.78, 5) is 16.6. The number of aryl methyl sites for hydroxylation is 1. The highest BCUT2D eigenvalue weighted by Gasteiger charge is 2.16. The SMILES string of the molecule is CN=C(Nc1cc(OC)ccc1C)N(/C=C(/C#N)C=O)Cc1cc(F)c(F)c(F)c1. The molecular weight excluding hydrogens is 397 g/mol. The Morgan fingerprint density at radius 3 is 2.47 bits per heavy atom. The average Bonchev–Trinajstić information content (AvgIpc) is 2.74. The molecule has 9 heteroatoms. The van der Waals surface area contributed by atoms with Gasteiger partial charge in [0.2, 0.25) is 5.96 Å². The van der Waals surface area contributed by atoms with Crippen LogP contribution in [0, 0.1) is 35.7 Å². The van der Waals surface area contributed by atoms with E-state index in [1.165, 1.54) is 25.3 Å². The third-order valence-electron chi connectivity index (χ3n) is 4.12. The standard InChI is InChI=1S/C21H19F3N4O2/c1-13-4-5-16(30-3)8-19(13)27-21(26-2)28(11-15(9-25)12-29)10-14-6-17(22)20(24)18(23)7-14/h4-8,11-12H,10H2,1-3H3,(H,26,27)/b15-11-. The summed E-state index contributed by atoms with van der Waals surface area (Å²) in [6.07, 6.45) is 1.51. The van der Waals surface area contributed by atoms with E-state index in [1.807, 2.05) is 13.0 Å². The van der Waals surface area contributed by atoms with Crippen molar-refractivity contribution in [3.8, 4) is 11.8 Å². The van der Waals surface area contributed by atoms with E-state index in [1.54, 1.807) is 18.2 Å². The van der Waals surface area contributed by atoms with Gasteiger partial charge >= 0.3 is 0 Å².